The average Bonchev–Trinajstić information content (AvgIpc) is 2.83. The highest BCUT2D eigenvalue weighted by Gasteiger charge is 2.20. The molecule has 3 aromatic carbocycles. The summed E-state index contributed by atoms with van der Waals surface area (Å²) in [7, 11) is -3.76. The van der Waals surface area contributed by atoms with Gasteiger partial charge in [-0.3, -0.25) is 9.59 Å². The third-order valence-electron chi connectivity index (χ3n) is 5.48. The number of carbonyl (C=O) groups is 3. The molecule has 182 valence electrons. The predicted octanol–water partition coefficient (Wildman–Crippen LogP) is 2.70. The Morgan fingerprint density at radius 3 is 2.17 bits per heavy atom. The summed E-state index contributed by atoms with van der Waals surface area (Å²) in [6.45, 7) is 3.61. The predicted molar refractivity (Wildman–Crippen MR) is 131 cm³/mol. The van der Waals surface area contributed by atoms with E-state index >= 15 is 0 Å². The Bertz CT molecular complexity index is 1360. The number of nitrogens with one attached hydrogen (secondary N) is 1. The zero-order valence-electron chi connectivity index (χ0n) is 19.4. The first-order chi connectivity index (χ1) is 16.6. The normalized spacial score (nSPS) is 11.1. The standard InChI is InChI=1S/C26H26N2O6S/c1-17-7-10-20(15-18(17)2)25(30)22-5-3-4-6-23(22)26(31)34-16-24(29)28-14-13-19-8-11-21(12-9-19)35(27,32)33/h3-12,15H,13-14,16H2,1-2H3,(H,28,29)(H2,27,32,33). The molecule has 0 saturated carbocycles. The summed E-state index contributed by atoms with van der Waals surface area (Å²) < 4.78 is 27.7. The maximum Gasteiger partial charge on any atom is 0.339 e. The Balaban J connectivity index is 1.55. The van der Waals surface area contributed by atoms with Gasteiger partial charge in [-0.15, -0.1) is 0 Å². The van der Waals surface area contributed by atoms with Crippen molar-refractivity contribution in [2.75, 3.05) is 13.2 Å². The highest BCUT2D eigenvalue weighted by molar-refractivity contribution is 7.89. The number of hydrogen-bond acceptors (Lipinski definition) is 6. The van der Waals surface area contributed by atoms with Gasteiger partial charge in [0, 0.05) is 17.7 Å². The first-order valence-corrected chi connectivity index (χ1v) is 12.4. The molecule has 35 heavy (non-hydrogen) atoms. The molecular weight excluding hydrogens is 468 g/mol. The minimum absolute atomic E-state index is 0.00785. The van der Waals surface area contributed by atoms with Crippen LogP contribution in [0.2, 0.25) is 0 Å². The van der Waals surface area contributed by atoms with E-state index in [0.29, 0.717) is 12.0 Å². The number of sulfonamides is 1. The zero-order chi connectivity index (χ0) is 25.6. The second-order valence-electron chi connectivity index (χ2n) is 8.04. The number of ether oxygens (including phenoxy) is 1. The van der Waals surface area contributed by atoms with E-state index in [9.17, 15) is 22.8 Å². The van der Waals surface area contributed by atoms with Crippen LogP contribution in [-0.4, -0.2) is 39.2 Å². The number of ketones is 1. The third kappa shape index (κ3) is 6.84. The Morgan fingerprint density at radius 1 is 0.886 bits per heavy atom. The van der Waals surface area contributed by atoms with Gasteiger partial charge in [-0.2, -0.15) is 0 Å². The second-order valence-corrected chi connectivity index (χ2v) is 9.60. The molecule has 3 N–H and O–H groups in total. The van der Waals surface area contributed by atoms with Crippen molar-refractivity contribution in [2.45, 2.75) is 25.2 Å². The fourth-order valence-corrected chi connectivity index (χ4v) is 3.86. The lowest BCUT2D eigenvalue weighted by molar-refractivity contribution is -0.124. The molecule has 0 aliphatic carbocycles. The molecule has 0 aliphatic heterocycles. The molecule has 0 spiro atoms. The van der Waals surface area contributed by atoms with E-state index in [1.54, 1.807) is 42.5 Å². The van der Waals surface area contributed by atoms with Gasteiger partial charge in [0.15, 0.2) is 12.4 Å². The van der Waals surface area contributed by atoms with Crippen molar-refractivity contribution in [3.63, 3.8) is 0 Å². The third-order valence-corrected chi connectivity index (χ3v) is 6.41. The van der Waals surface area contributed by atoms with E-state index in [1.165, 1.54) is 18.2 Å². The van der Waals surface area contributed by atoms with Crippen molar-refractivity contribution in [1.82, 2.24) is 5.32 Å². The Kier molecular flexibility index (Phi) is 8.16. The Hall–Kier alpha value is -3.82. The molecule has 0 aliphatic rings. The van der Waals surface area contributed by atoms with Crippen LogP contribution in [-0.2, 0) is 26.0 Å². The van der Waals surface area contributed by atoms with Crippen molar-refractivity contribution in [1.29, 1.82) is 0 Å². The molecule has 0 bridgehead atoms. The largest absolute Gasteiger partial charge is 0.452 e. The number of carbonyl (C=O) groups excluding carboxylic acids is 3. The lowest BCUT2D eigenvalue weighted by Crippen LogP contribution is -2.30. The van der Waals surface area contributed by atoms with Crippen LogP contribution in [0.15, 0.2) is 71.6 Å². The Labute approximate surface area is 204 Å². The van der Waals surface area contributed by atoms with Gasteiger partial charge in [-0.1, -0.05) is 42.5 Å². The van der Waals surface area contributed by atoms with Crippen LogP contribution >= 0.6 is 0 Å². The number of benzene rings is 3. The van der Waals surface area contributed by atoms with Gasteiger partial charge in [0.25, 0.3) is 5.91 Å². The SMILES string of the molecule is Cc1ccc(C(=O)c2ccccc2C(=O)OCC(=O)NCCc2ccc(S(N)(=O)=O)cc2)cc1C. The van der Waals surface area contributed by atoms with E-state index in [4.69, 9.17) is 9.88 Å². The number of amides is 1. The van der Waals surface area contributed by atoms with E-state index in [1.807, 2.05) is 19.9 Å². The summed E-state index contributed by atoms with van der Waals surface area (Å²) in [5.41, 5.74) is 3.56. The second kappa shape index (κ2) is 11.1. The molecule has 3 aromatic rings. The fourth-order valence-electron chi connectivity index (χ4n) is 3.35. The zero-order valence-corrected chi connectivity index (χ0v) is 20.2. The van der Waals surface area contributed by atoms with E-state index < -0.39 is 28.5 Å². The summed E-state index contributed by atoms with van der Waals surface area (Å²) in [4.78, 5) is 37.7. The summed E-state index contributed by atoms with van der Waals surface area (Å²) in [5, 5.41) is 7.70. The number of nitrogens with two attached hydrogens (primary N) is 1. The van der Waals surface area contributed by atoms with E-state index in [2.05, 4.69) is 5.32 Å². The maximum absolute atomic E-state index is 13.0. The molecule has 0 aromatic heterocycles. The minimum Gasteiger partial charge on any atom is -0.452 e. The summed E-state index contributed by atoms with van der Waals surface area (Å²) in [5.74, 6) is -1.58. The minimum atomic E-state index is -3.76. The van der Waals surface area contributed by atoms with Crippen LogP contribution < -0.4 is 10.5 Å². The fraction of sp³-hybridized carbons (Fsp3) is 0.192. The summed E-state index contributed by atoms with van der Waals surface area (Å²) in [6, 6.07) is 17.7. The van der Waals surface area contributed by atoms with Crippen LogP contribution in [0.1, 0.15) is 43.0 Å². The number of hydrogen-bond donors (Lipinski definition) is 2. The van der Waals surface area contributed by atoms with Gasteiger partial charge in [-0.25, -0.2) is 18.4 Å². The average molecular weight is 495 g/mol. The molecule has 0 fully saturated rings. The van der Waals surface area contributed by atoms with Crippen molar-refractivity contribution in [3.8, 4) is 0 Å². The monoisotopic (exact) mass is 494 g/mol. The molecule has 9 heteroatoms. The van der Waals surface area contributed by atoms with Gasteiger partial charge in [-0.05, 0) is 61.2 Å². The lowest BCUT2D eigenvalue weighted by atomic mass is 9.96. The van der Waals surface area contributed by atoms with Crippen molar-refractivity contribution < 1.29 is 27.5 Å². The van der Waals surface area contributed by atoms with Gasteiger partial charge < -0.3 is 10.1 Å². The molecule has 3 rings (SSSR count). The first kappa shape index (κ1) is 25.8. The maximum atomic E-state index is 13.0. The Morgan fingerprint density at radius 2 is 1.54 bits per heavy atom. The molecule has 8 nitrogen and oxygen atoms in total. The summed E-state index contributed by atoms with van der Waals surface area (Å²) >= 11 is 0. The van der Waals surface area contributed by atoms with Crippen LogP contribution in [0.25, 0.3) is 0 Å². The van der Waals surface area contributed by atoms with Crippen molar-refractivity contribution >= 4 is 27.7 Å². The quantitative estimate of drug-likeness (QED) is 0.347. The smallest absolute Gasteiger partial charge is 0.339 e. The van der Waals surface area contributed by atoms with Crippen LogP contribution in [0.5, 0.6) is 0 Å². The molecule has 0 unspecified atom stereocenters. The number of aryl methyl sites for hydroxylation is 2. The molecular formula is C26H26N2O6S. The van der Waals surface area contributed by atoms with Crippen molar-refractivity contribution in [3.05, 3.63) is 100 Å². The number of rotatable bonds is 9. The number of primary sulfonamides is 1. The van der Waals surface area contributed by atoms with Crippen LogP contribution in [0.3, 0.4) is 0 Å². The molecule has 1 amide bonds. The van der Waals surface area contributed by atoms with Gasteiger partial charge in [0.2, 0.25) is 10.0 Å². The molecule has 0 atom stereocenters. The highest BCUT2D eigenvalue weighted by Crippen LogP contribution is 2.18. The van der Waals surface area contributed by atoms with Crippen LogP contribution in [0.4, 0.5) is 0 Å². The highest BCUT2D eigenvalue weighted by atomic mass is 32.2. The first-order valence-electron chi connectivity index (χ1n) is 10.8. The topological polar surface area (TPSA) is 133 Å². The molecule has 0 radical (unpaired) electrons. The van der Waals surface area contributed by atoms with E-state index in [-0.39, 0.29) is 28.4 Å². The van der Waals surface area contributed by atoms with Gasteiger partial charge >= 0.3 is 5.97 Å². The van der Waals surface area contributed by atoms with Crippen molar-refractivity contribution in [2.24, 2.45) is 5.14 Å². The van der Waals surface area contributed by atoms with E-state index in [0.717, 1.165) is 16.7 Å². The van der Waals surface area contributed by atoms with Crippen LogP contribution in [0, 0.1) is 13.8 Å². The molecule has 0 saturated heterocycles. The molecule has 0 heterocycles. The summed E-state index contributed by atoms with van der Waals surface area (Å²) in [6.07, 6.45) is 0.442. The van der Waals surface area contributed by atoms with Gasteiger partial charge in [0.05, 0.1) is 10.5 Å². The lowest BCUT2D eigenvalue weighted by Gasteiger charge is -2.10. The van der Waals surface area contributed by atoms with Gasteiger partial charge in [0.1, 0.15) is 0 Å². The number of esters is 1.